The van der Waals surface area contributed by atoms with Crippen LogP contribution in [-0.4, -0.2) is 34.3 Å². The van der Waals surface area contributed by atoms with Gasteiger partial charge in [0.1, 0.15) is 6.21 Å². The first-order valence-corrected chi connectivity index (χ1v) is 2.76. The SMILES string of the molecule is NC(CC(=O)O)C(=O)C=NO. The van der Waals surface area contributed by atoms with Crippen molar-refractivity contribution in [1.29, 1.82) is 0 Å². The second-order valence-corrected chi connectivity index (χ2v) is 1.85. The maximum absolute atomic E-state index is 10.6. The monoisotopic (exact) mass is 160 g/mol. The molecule has 0 aromatic carbocycles. The minimum atomic E-state index is -1.17. The van der Waals surface area contributed by atoms with Gasteiger partial charge in [-0.3, -0.25) is 9.59 Å². The van der Waals surface area contributed by atoms with Gasteiger partial charge in [0, 0.05) is 0 Å². The number of hydrogen-bond acceptors (Lipinski definition) is 5. The molecule has 11 heavy (non-hydrogen) atoms. The lowest BCUT2D eigenvalue weighted by Crippen LogP contribution is -2.33. The fraction of sp³-hybridized carbons (Fsp3) is 0.400. The summed E-state index contributed by atoms with van der Waals surface area (Å²) in [5, 5.41) is 18.4. The molecule has 0 bridgehead atoms. The number of carboxylic acid groups (broad SMARTS) is 1. The number of carbonyl (C=O) groups is 2. The molecule has 6 heteroatoms. The van der Waals surface area contributed by atoms with E-state index in [1.165, 1.54) is 0 Å². The molecule has 0 aliphatic carbocycles. The van der Waals surface area contributed by atoms with Gasteiger partial charge < -0.3 is 16.0 Å². The van der Waals surface area contributed by atoms with Crippen LogP contribution in [0, 0.1) is 0 Å². The van der Waals surface area contributed by atoms with Gasteiger partial charge in [-0.05, 0) is 0 Å². The molecule has 0 aromatic rings. The van der Waals surface area contributed by atoms with Crippen molar-refractivity contribution in [2.45, 2.75) is 12.5 Å². The van der Waals surface area contributed by atoms with Crippen molar-refractivity contribution in [3.05, 3.63) is 0 Å². The number of nitrogens with two attached hydrogens (primary N) is 1. The van der Waals surface area contributed by atoms with E-state index < -0.39 is 24.2 Å². The zero-order valence-corrected chi connectivity index (χ0v) is 5.60. The van der Waals surface area contributed by atoms with Crippen LogP contribution in [0.4, 0.5) is 0 Å². The summed E-state index contributed by atoms with van der Waals surface area (Å²) in [7, 11) is 0. The molecule has 0 aliphatic heterocycles. The molecular weight excluding hydrogens is 152 g/mol. The van der Waals surface area contributed by atoms with Crippen LogP contribution in [-0.2, 0) is 9.59 Å². The Hall–Kier alpha value is -1.43. The van der Waals surface area contributed by atoms with Gasteiger partial charge in [0.15, 0.2) is 5.78 Å². The van der Waals surface area contributed by atoms with E-state index >= 15 is 0 Å². The van der Waals surface area contributed by atoms with Crippen molar-refractivity contribution in [3.8, 4) is 0 Å². The largest absolute Gasteiger partial charge is 0.481 e. The Labute approximate surface area is 62.3 Å². The Morgan fingerprint density at radius 2 is 2.18 bits per heavy atom. The average Bonchev–Trinajstić information content (AvgIpc) is 1.86. The van der Waals surface area contributed by atoms with Gasteiger partial charge in [-0.15, -0.1) is 0 Å². The number of carbonyl (C=O) groups excluding carboxylic acids is 1. The van der Waals surface area contributed by atoms with Gasteiger partial charge in [0.05, 0.1) is 12.5 Å². The van der Waals surface area contributed by atoms with E-state index in [4.69, 9.17) is 16.0 Å². The summed E-state index contributed by atoms with van der Waals surface area (Å²) < 4.78 is 0. The summed E-state index contributed by atoms with van der Waals surface area (Å²) in [5.74, 6) is -1.88. The second-order valence-electron chi connectivity index (χ2n) is 1.85. The van der Waals surface area contributed by atoms with Crippen molar-refractivity contribution in [2.24, 2.45) is 10.9 Å². The summed E-state index contributed by atoms with van der Waals surface area (Å²) in [6, 6.07) is -1.14. The van der Waals surface area contributed by atoms with Crippen LogP contribution >= 0.6 is 0 Å². The highest BCUT2D eigenvalue weighted by atomic mass is 16.4. The summed E-state index contributed by atoms with van der Waals surface area (Å²) in [6.45, 7) is 0. The van der Waals surface area contributed by atoms with E-state index in [-0.39, 0.29) is 0 Å². The molecule has 0 rings (SSSR count). The van der Waals surface area contributed by atoms with Crippen molar-refractivity contribution in [3.63, 3.8) is 0 Å². The lowest BCUT2D eigenvalue weighted by atomic mass is 10.1. The van der Waals surface area contributed by atoms with E-state index in [1.807, 2.05) is 0 Å². The number of Topliss-reactive ketones (excluding diaryl/α,β-unsaturated/α-hetero) is 1. The third kappa shape index (κ3) is 4.04. The number of aliphatic carboxylic acids is 1. The van der Waals surface area contributed by atoms with E-state index in [2.05, 4.69) is 5.16 Å². The zero-order chi connectivity index (χ0) is 8.85. The van der Waals surface area contributed by atoms with Crippen molar-refractivity contribution >= 4 is 18.0 Å². The lowest BCUT2D eigenvalue weighted by molar-refractivity contribution is -0.138. The summed E-state index contributed by atoms with van der Waals surface area (Å²) >= 11 is 0. The van der Waals surface area contributed by atoms with E-state index in [1.54, 1.807) is 0 Å². The minimum absolute atomic E-state index is 0.467. The van der Waals surface area contributed by atoms with E-state index in [0.29, 0.717) is 6.21 Å². The number of nitrogens with zero attached hydrogens (tertiary/aromatic N) is 1. The predicted molar refractivity (Wildman–Crippen MR) is 35.5 cm³/mol. The highest BCUT2D eigenvalue weighted by Gasteiger charge is 2.14. The molecule has 0 fully saturated rings. The molecule has 0 aliphatic rings. The maximum atomic E-state index is 10.6. The van der Waals surface area contributed by atoms with Gasteiger partial charge in [-0.2, -0.15) is 0 Å². The average molecular weight is 160 g/mol. The molecule has 62 valence electrons. The fourth-order valence-electron chi connectivity index (χ4n) is 0.441. The highest BCUT2D eigenvalue weighted by Crippen LogP contribution is 1.87. The Morgan fingerprint density at radius 3 is 2.55 bits per heavy atom. The normalized spacial score (nSPS) is 13.2. The Balaban J connectivity index is 3.92. The van der Waals surface area contributed by atoms with Crippen LogP contribution in [0.1, 0.15) is 6.42 Å². The number of oxime groups is 1. The van der Waals surface area contributed by atoms with Crippen LogP contribution < -0.4 is 5.73 Å². The first kappa shape index (κ1) is 9.57. The van der Waals surface area contributed by atoms with Gasteiger partial charge >= 0.3 is 5.97 Å². The van der Waals surface area contributed by atoms with E-state index in [0.717, 1.165) is 0 Å². The third-order valence-electron chi connectivity index (χ3n) is 0.945. The number of carboxylic acids is 1. The number of hydrogen-bond donors (Lipinski definition) is 3. The summed E-state index contributed by atoms with van der Waals surface area (Å²) in [4.78, 5) is 20.6. The summed E-state index contributed by atoms with van der Waals surface area (Å²) in [5.41, 5.74) is 5.07. The van der Waals surface area contributed by atoms with Crippen molar-refractivity contribution < 1.29 is 19.9 Å². The lowest BCUT2D eigenvalue weighted by Gasteiger charge is -2.01. The molecule has 0 saturated carbocycles. The quantitative estimate of drug-likeness (QED) is 0.272. The molecule has 0 heterocycles. The second kappa shape index (κ2) is 4.40. The Morgan fingerprint density at radius 1 is 1.64 bits per heavy atom. The number of ketones is 1. The molecule has 0 saturated heterocycles. The maximum Gasteiger partial charge on any atom is 0.305 e. The molecule has 0 spiro atoms. The summed E-state index contributed by atoms with van der Waals surface area (Å²) in [6.07, 6.45) is 0.110. The van der Waals surface area contributed by atoms with Gasteiger partial charge in [-0.25, -0.2) is 0 Å². The zero-order valence-electron chi connectivity index (χ0n) is 5.60. The molecular formula is C5H8N2O4. The van der Waals surface area contributed by atoms with Gasteiger partial charge in [-0.1, -0.05) is 5.16 Å². The predicted octanol–water partition coefficient (Wildman–Crippen LogP) is -1.18. The smallest absolute Gasteiger partial charge is 0.305 e. The third-order valence-corrected chi connectivity index (χ3v) is 0.945. The van der Waals surface area contributed by atoms with Crippen LogP contribution in [0.5, 0.6) is 0 Å². The standard InChI is InChI=1S/C5H8N2O4/c6-3(1-5(9)10)4(8)2-7-11/h2-3,11H,1,6H2,(H,9,10). The molecule has 0 aromatic heterocycles. The topological polar surface area (TPSA) is 113 Å². The molecule has 1 atom stereocenters. The van der Waals surface area contributed by atoms with Crippen LogP contribution in [0.25, 0.3) is 0 Å². The molecule has 4 N–H and O–H groups in total. The molecule has 0 amide bonds. The first-order chi connectivity index (χ1) is 5.07. The molecule has 0 radical (unpaired) electrons. The number of rotatable bonds is 4. The van der Waals surface area contributed by atoms with Crippen LogP contribution in [0.2, 0.25) is 0 Å². The molecule has 1 unspecified atom stereocenters. The van der Waals surface area contributed by atoms with Crippen molar-refractivity contribution in [2.75, 3.05) is 0 Å². The first-order valence-electron chi connectivity index (χ1n) is 2.76. The highest BCUT2D eigenvalue weighted by molar-refractivity contribution is 6.30. The van der Waals surface area contributed by atoms with Gasteiger partial charge in [0.2, 0.25) is 0 Å². The van der Waals surface area contributed by atoms with Crippen LogP contribution in [0.15, 0.2) is 5.16 Å². The van der Waals surface area contributed by atoms with Crippen molar-refractivity contribution in [1.82, 2.24) is 0 Å². The molecule has 6 nitrogen and oxygen atoms in total. The Bertz CT molecular complexity index is 189. The fourth-order valence-corrected chi connectivity index (χ4v) is 0.441. The van der Waals surface area contributed by atoms with E-state index in [9.17, 15) is 9.59 Å². The van der Waals surface area contributed by atoms with Crippen LogP contribution in [0.3, 0.4) is 0 Å². The minimum Gasteiger partial charge on any atom is -0.481 e. The Kier molecular flexibility index (Phi) is 3.82. The van der Waals surface area contributed by atoms with Gasteiger partial charge in [0.25, 0.3) is 0 Å².